The van der Waals surface area contributed by atoms with Crippen molar-refractivity contribution in [3.63, 3.8) is 0 Å². The summed E-state index contributed by atoms with van der Waals surface area (Å²) in [7, 11) is 4.08. The van der Waals surface area contributed by atoms with Gasteiger partial charge in [-0.3, -0.25) is 4.79 Å². The molecule has 0 bridgehead atoms. The maximum atomic E-state index is 12.8. The molecule has 0 spiro atoms. The van der Waals surface area contributed by atoms with Gasteiger partial charge in [-0.1, -0.05) is 64.3 Å². The van der Waals surface area contributed by atoms with Gasteiger partial charge >= 0.3 is 0 Å². The lowest BCUT2D eigenvalue weighted by molar-refractivity contribution is -0.117. The van der Waals surface area contributed by atoms with E-state index in [0.29, 0.717) is 5.57 Å². The molecule has 1 unspecified atom stereocenters. The van der Waals surface area contributed by atoms with E-state index in [1.807, 2.05) is 13.2 Å². The standard InChI is InChI=1S/C28H46N4O/c1-6-8-9-13-27(29-4)26(22(3)28(33)31-18-10-12-23-14-15-23)20-30-19-24-16-17-25(11-7-2)32(5)21-24/h9,13,16-17,20,23,27,29-30H,3,6-8,10-12,14-15,18-19,21H2,1-2,4-5H3,(H,31,33)/b13-9-,26-20-. The van der Waals surface area contributed by atoms with Crippen molar-refractivity contribution in [3.05, 3.63) is 59.5 Å². The zero-order valence-corrected chi connectivity index (χ0v) is 21.4. The molecule has 184 valence electrons. The molecule has 33 heavy (non-hydrogen) atoms. The SMILES string of the molecule is C=C(C(=O)NCCCC1CC1)/C(=C/NCC1=CC=C(CCC)N(C)C1)C(/C=C\CCC)NC. The average molecular weight is 455 g/mol. The van der Waals surface area contributed by atoms with Crippen molar-refractivity contribution in [3.8, 4) is 0 Å². The zero-order chi connectivity index (χ0) is 24.1. The highest BCUT2D eigenvalue weighted by molar-refractivity contribution is 5.97. The molecule has 1 fully saturated rings. The summed E-state index contributed by atoms with van der Waals surface area (Å²) in [6, 6.07) is -0.0622. The summed E-state index contributed by atoms with van der Waals surface area (Å²) in [5, 5.41) is 9.86. The van der Waals surface area contributed by atoms with Gasteiger partial charge in [-0.25, -0.2) is 0 Å². The Hall–Kier alpha value is -2.27. The molecule has 1 heterocycles. The monoisotopic (exact) mass is 454 g/mol. The lowest BCUT2D eigenvalue weighted by Gasteiger charge is -2.27. The first-order valence-corrected chi connectivity index (χ1v) is 12.8. The summed E-state index contributed by atoms with van der Waals surface area (Å²) in [4.78, 5) is 15.2. The van der Waals surface area contributed by atoms with Gasteiger partial charge < -0.3 is 20.9 Å². The predicted molar refractivity (Wildman–Crippen MR) is 141 cm³/mol. The van der Waals surface area contributed by atoms with Crippen LogP contribution in [-0.2, 0) is 4.79 Å². The first-order chi connectivity index (χ1) is 16.0. The lowest BCUT2D eigenvalue weighted by Crippen LogP contribution is -2.34. The number of nitrogens with one attached hydrogen (secondary N) is 3. The van der Waals surface area contributed by atoms with Gasteiger partial charge in [0, 0.05) is 49.7 Å². The molecule has 2 rings (SSSR count). The van der Waals surface area contributed by atoms with Crippen molar-refractivity contribution in [2.45, 2.75) is 71.3 Å². The number of allylic oxidation sites excluding steroid dienone is 4. The fourth-order valence-electron chi connectivity index (χ4n) is 4.09. The topological polar surface area (TPSA) is 56.4 Å². The number of unbranched alkanes of at least 4 members (excludes halogenated alkanes) is 1. The smallest absolute Gasteiger partial charge is 0.251 e. The second kappa shape index (κ2) is 14.8. The van der Waals surface area contributed by atoms with E-state index in [9.17, 15) is 4.79 Å². The Balaban J connectivity index is 2.03. The molecule has 0 aromatic heterocycles. The Morgan fingerprint density at radius 2 is 2.06 bits per heavy atom. The van der Waals surface area contributed by atoms with Gasteiger partial charge in [0.2, 0.25) is 0 Å². The molecule has 0 aromatic carbocycles. The Kier molecular flexibility index (Phi) is 12.1. The van der Waals surface area contributed by atoms with Gasteiger partial charge in [0.15, 0.2) is 0 Å². The van der Waals surface area contributed by atoms with E-state index in [2.05, 4.69) is 72.6 Å². The van der Waals surface area contributed by atoms with E-state index in [1.165, 1.54) is 30.5 Å². The second-order valence-electron chi connectivity index (χ2n) is 9.37. The van der Waals surface area contributed by atoms with Crippen molar-refractivity contribution in [1.82, 2.24) is 20.9 Å². The molecule has 1 amide bonds. The summed E-state index contributed by atoms with van der Waals surface area (Å²) in [5.41, 5.74) is 4.12. The maximum absolute atomic E-state index is 12.8. The summed E-state index contributed by atoms with van der Waals surface area (Å²) < 4.78 is 0. The van der Waals surface area contributed by atoms with Crippen LogP contribution >= 0.6 is 0 Å². The van der Waals surface area contributed by atoms with Crippen molar-refractivity contribution < 1.29 is 4.79 Å². The van der Waals surface area contributed by atoms with Crippen molar-refractivity contribution >= 4 is 5.91 Å². The van der Waals surface area contributed by atoms with Crippen LogP contribution in [0.3, 0.4) is 0 Å². The summed E-state index contributed by atoms with van der Waals surface area (Å²) in [6.07, 6.45) is 20.1. The van der Waals surface area contributed by atoms with Crippen LogP contribution < -0.4 is 16.0 Å². The quantitative estimate of drug-likeness (QED) is 0.135. The third-order valence-corrected chi connectivity index (χ3v) is 6.36. The van der Waals surface area contributed by atoms with E-state index in [1.54, 1.807) is 0 Å². The average Bonchev–Trinajstić information content (AvgIpc) is 3.63. The Morgan fingerprint density at radius 3 is 2.70 bits per heavy atom. The molecule has 0 aromatic rings. The van der Waals surface area contributed by atoms with E-state index >= 15 is 0 Å². The fourth-order valence-corrected chi connectivity index (χ4v) is 4.09. The number of rotatable bonds is 16. The first-order valence-electron chi connectivity index (χ1n) is 12.8. The van der Waals surface area contributed by atoms with Crippen molar-refractivity contribution in [2.75, 3.05) is 33.7 Å². The van der Waals surface area contributed by atoms with Crippen molar-refractivity contribution in [1.29, 1.82) is 0 Å². The highest BCUT2D eigenvalue weighted by Gasteiger charge is 2.21. The van der Waals surface area contributed by atoms with Crippen LogP contribution in [0.1, 0.15) is 65.2 Å². The zero-order valence-electron chi connectivity index (χ0n) is 21.4. The van der Waals surface area contributed by atoms with Crippen molar-refractivity contribution in [2.24, 2.45) is 5.92 Å². The van der Waals surface area contributed by atoms with Gasteiger partial charge in [-0.2, -0.15) is 0 Å². The minimum absolute atomic E-state index is 0.0622. The minimum atomic E-state index is -0.0771. The first kappa shape index (κ1) is 27.0. The largest absolute Gasteiger partial charge is 0.387 e. The Labute approximate surface area is 202 Å². The molecule has 3 N–H and O–H groups in total. The van der Waals surface area contributed by atoms with Crippen LogP contribution in [0.2, 0.25) is 0 Å². The van der Waals surface area contributed by atoms with Gasteiger partial charge in [0.25, 0.3) is 5.91 Å². The summed E-state index contributed by atoms with van der Waals surface area (Å²) in [5.74, 6) is 0.815. The van der Waals surface area contributed by atoms with Crippen LogP contribution in [0, 0.1) is 5.92 Å². The molecule has 5 nitrogen and oxygen atoms in total. The second-order valence-corrected chi connectivity index (χ2v) is 9.37. The number of nitrogens with zero attached hydrogens (tertiary/aromatic N) is 1. The third kappa shape index (κ3) is 9.63. The van der Waals surface area contributed by atoms with E-state index in [0.717, 1.165) is 63.2 Å². The minimum Gasteiger partial charge on any atom is -0.387 e. The number of amides is 1. The maximum Gasteiger partial charge on any atom is 0.251 e. The molecule has 1 aliphatic heterocycles. The van der Waals surface area contributed by atoms with Crippen LogP contribution in [-0.4, -0.2) is 50.6 Å². The summed E-state index contributed by atoms with van der Waals surface area (Å²) >= 11 is 0. The number of likely N-dealkylation sites (N-methyl/N-ethyl adjacent to an activating group) is 2. The van der Waals surface area contributed by atoms with Gasteiger partial charge in [-0.05, 0) is 50.3 Å². The third-order valence-electron chi connectivity index (χ3n) is 6.36. The predicted octanol–water partition coefficient (Wildman–Crippen LogP) is 4.82. The number of carbonyl (C=O) groups excluding carboxylic acids is 1. The highest BCUT2D eigenvalue weighted by atomic mass is 16.1. The number of hydrogen-bond acceptors (Lipinski definition) is 4. The van der Waals surface area contributed by atoms with Gasteiger partial charge in [0.1, 0.15) is 0 Å². The van der Waals surface area contributed by atoms with E-state index < -0.39 is 0 Å². The van der Waals surface area contributed by atoms with Crippen LogP contribution in [0.25, 0.3) is 0 Å². The molecule has 1 saturated carbocycles. The Morgan fingerprint density at radius 1 is 1.27 bits per heavy atom. The highest BCUT2D eigenvalue weighted by Crippen LogP contribution is 2.33. The molecule has 1 atom stereocenters. The van der Waals surface area contributed by atoms with E-state index in [-0.39, 0.29) is 11.9 Å². The molecule has 0 radical (unpaired) electrons. The Bertz CT molecular complexity index is 758. The van der Waals surface area contributed by atoms with Crippen LogP contribution in [0.15, 0.2) is 59.5 Å². The van der Waals surface area contributed by atoms with Gasteiger partial charge in [-0.15, -0.1) is 0 Å². The number of carbonyl (C=O) groups is 1. The molecule has 0 saturated heterocycles. The molecule has 5 heteroatoms. The fraction of sp³-hybridized carbons (Fsp3) is 0.607. The normalized spacial score (nSPS) is 17.6. The lowest BCUT2D eigenvalue weighted by atomic mass is 9.98. The van der Waals surface area contributed by atoms with E-state index in [4.69, 9.17) is 0 Å². The molecule has 1 aliphatic carbocycles. The van der Waals surface area contributed by atoms with Gasteiger partial charge in [0.05, 0.1) is 6.04 Å². The molecule has 2 aliphatic rings. The molecular formula is C28H46N4O. The molecular weight excluding hydrogens is 408 g/mol. The van der Waals surface area contributed by atoms with Crippen LogP contribution in [0.5, 0.6) is 0 Å². The number of hydrogen-bond donors (Lipinski definition) is 3. The summed E-state index contributed by atoms with van der Waals surface area (Å²) in [6.45, 7) is 10.9. The van der Waals surface area contributed by atoms with Crippen LogP contribution in [0.4, 0.5) is 0 Å².